The lowest BCUT2D eigenvalue weighted by atomic mass is 9.95. The standard InChI is InChI=1S/C19H18O4/c20-18(12-5-2-1-3-6-12)22-13-9-10-15-14-7-4-8-16(14)19(21)23-17(15)11-13/h1-2,9-12H,3-8H2. The number of carbonyl (C=O) groups is 1. The van der Waals surface area contributed by atoms with Crippen molar-refractivity contribution in [1.82, 2.24) is 0 Å². The number of esters is 1. The SMILES string of the molecule is O=C(Oc1ccc2c3c(c(=O)oc2c1)CCC3)C1CC=CCC1. The van der Waals surface area contributed by atoms with Crippen molar-refractivity contribution >= 4 is 16.9 Å². The number of rotatable bonds is 2. The minimum atomic E-state index is -0.258. The van der Waals surface area contributed by atoms with Gasteiger partial charge in [-0.3, -0.25) is 4.79 Å². The Morgan fingerprint density at radius 2 is 2.04 bits per heavy atom. The molecular weight excluding hydrogens is 292 g/mol. The van der Waals surface area contributed by atoms with Crippen molar-refractivity contribution in [3.63, 3.8) is 0 Å². The third-order valence-corrected chi connectivity index (χ3v) is 4.77. The van der Waals surface area contributed by atoms with Gasteiger partial charge in [-0.2, -0.15) is 0 Å². The van der Waals surface area contributed by atoms with Crippen LogP contribution in [0.4, 0.5) is 0 Å². The van der Waals surface area contributed by atoms with Gasteiger partial charge in [-0.25, -0.2) is 4.79 Å². The molecule has 2 aromatic rings. The maximum atomic E-state index is 12.2. The summed E-state index contributed by atoms with van der Waals surface area (Å²) in [5.41, 5.74) is 2.14. The van der Waals surface area contributed by atoms with Crippen molar-refractivity contribution in [2.24, 2.45) is 5.92 Å². The van der Waals surface area contributed by atoms with E-state index in [1.54, 1.807) is 12.1 Å². The molecule has 2 aliphatic carbocycles. The fourth-order valence-electron chi connectivity index (χ4n) is 3.53. The van der Waals surface area contributed by atoms with E-state index in [4.69, 9.17) is 9.15 Å². The molecule has 1 aromatic heterocycles. The zero-order valence-electron chi connectivity index (χ0n) is 12.8. The molecule has 0 N–H and O–H groups in total. The summed E-state index contributed by atoms with van der Waals surface area (Å²) in [5.74, 6) is 0.151. The molecular formula is C19H18O4. The predicted molar refractivity (Wildman–Crippen MR) is 86.6 cm³/mol. The van der Waals surface area contributed by atoms with Crippen molar-refractivity contribution in [3.8, 4) is 5.75 Å². The predicted octanol–water partition coefficient (Wildman–Crippen LogP) is 3.54. The molecule has 0 saturated carbocycles. The van der Waals surface area contributed by atoms with Crippen LogP contribution in [0, 0.1) is 5.92 Å². The monoisotopic (exact) mass is 310 g/mol. The van der Waals surface area contributed by atoms with E-state index >= 15 is 0 Å². The molecule has 118 valence electrons. The first kappa shape index (κ1) is 14.2. The van der Waals surface area contributed by atoms with Crippen LogP contribution < -0.4 is 10.4 Å². The average Bonchev–Trinajstić information content (AvgIpc) is 3.06. The Morgan fingerprint density at radius 1 is 1.17 bits per heavy atom. The quantitative estimate of drug-likeness (QED) is 0.368. The number of carbonyl (C=O) groups excluding carboxylic acids is 1. The zero-order valence-corrected chi connectivity index (χ0v) is 12.8. The van der Waals surface area contributed by atoms with Crippen molar-refractivity contribution in [2.45, 2.75) is 38.5 Å². The highest BCUT2D eigenvalue weighted by molar-refractivity contribution is 5.84. The highest BCUT2D eigenvalue weighted by Crippen LogP contribution is 2.30. The van der Waals surface area contributed by atoms with E-state index in [1.807, 2.05) is 12.1 Å². The van der Waals surface area contributed by atoms with E-state index in [1.165, 1.54) is 0 Å². The normalized spacial score (nSPS) is 19.7. The third-order valence-electron chi connectivity index (χ3n) is 4.77. The van der Waals surface area contributed by atoms with Gasteiger partial charge in [0, 0.05) is 17.0 Å². The smallest absolute Gasteiger partial charge is 0.339 e. The summed E-state index contributed by atoms with van der Waals surface area (Å²) in [5, 5.41) is 0.956. The van der Waals surface area contributed by atoms with Gasteiger partial charge in [0.15, 0.2) is 0 Å². The third kappa shape index (κ3) is 2.58. The maximum Gasteiger partial charge on any atom is 0.339 e. The summed E-state index contributed by atoms with van der Waals surface area (Å²) in [6, 6.07) is 5.34. The second-order valence-electron chi connectivity index (χ2n) is 6.26. The van der Waals surface area contributed by atoms with E-state index in [0.717, 1.165) is 55.0 Å². The van der Waals surface area contributed by atoms with Gasteiger partial charge in [0.2, 0.25) is 0 Å². The Bertz CT molecular complexity index is 860. The molecule has 0 radical (unpaired) electrons. The zero-order chi connectivity index (χ0) is 15.8. The van der Waals surface area contributed by atoms with E-state index in [2.05, 4.69) is 6.08 Å². The first-order valence-corrected chi connectivity index (χ1v) is 8.17. The molecule has 23 heavy (non-hydrogen) atoms. The van der Waals surface area contributed by atoms with Gasteiger partial charge >= 0.3 is 11.6 Å². The second-order valence-corrected chi connectivity index (χ2v) is 6.26. The first-order valence-electron chi connectivity index (χ1n) is 8.17. The molecule has 0 fully saturated rings. The summed E-state index contributed by atoms with van der Waals surface area (Å²) in [6.45, 7) is 0. The van der Waals surface area contributed by atoms with Gasteiger partial charge < -0.3 is 9.15 Å². The molecule has 0 amide bonds. The molecule has 1 aromatic carbocycles. The molecule has 2 aliphatic rings. The first-order chi connectivity index (χ1) is 11.2. The summed E-state index contributed by atoms with van der Waals surface area (Å²) >= 11 is 0. The summed E-state index contributed by atoms with van der Waals surface area (Å²) in [4.78, 5) is 24.2. The molecule has 1 atom stereocenters. The van der Waals surface area contributed by atoms with Gasteiger partial charge in [-0.05, 0) is 56.2 Å². The Kier molecular flexibility index (Phi) is 3.52. The number of benzene rings is 1. The lowest BCUT2D eigenvalue weighted by Gasteiger charge is -2.16. The Morgan fingerprint density at radius 3 is 2.87 bits per heavy atom. The van der Waals surface area contributed by atoms with E-state index in [-0.39, 0.29) is 17.5 Å². The van der Waals surface area contributed by atoms with Crippen molar-refractivity contribution in [1.29, 1.82) is 0 Å². The van der Waals surface area contributed by atoms with Crippen LogP contribution in [0.2, 0.25) is 0 Å². The van der Waals surface area contributed by atoms with E-state index < -0.39 is 0 Å². The topological polar surface area (TPSA) is 56.5 Å². The van der Waals surface area contributed by atoms with Gasteiger partial charge in [0.25, 0.3) is 0 Å². The minimum absolute atomic E-state index is 0.0808. The van der Waals surface area contributed by atoms with Crippen LogP contribution in [-0.2, 0) is 17.6 Å². The van der Waals surface area contributed by atoms with E-state index in [9.17, 15) is 9.59 Å². The van der Waals surface area contributed by atoms with E-state index in [0.29, 0.717) is 11.3 Å². The highest BCUT2D eigenvalue weighted by Gasteiger charge is 2.22. The summed E-state index contributed by atoms with van der Waals surface area (Å²) in [6.07, 6.45) is 9.28. The van der Waals surface area contributed by atoms with Gasteiger partial charge in [0.05, 0.1) is 5.92 Å². The molecule has 1 heterocycles. The largest absolute Gasteiger partial charge is 0.426 e. The number of ether oxygens (including phenoxy) is 1. The molecule has 0 aliphatic heterocycles. The molecule has 0 bridgehead atoms. The Balaban J connectivity index is 1.64. The van der Waals surface area contributed by atoms with Gasteiger partial charge in [-0.15, -0.1) is 0 Å². The molecule has 4 nitrogen and oxygen atoms in total. The Labute approximate surface area is 133 Å². The summed E-state index contributed by atoms with van der Waals surface area (Å²) < 4.78 is 10.9. The highest BCUT2D eigenvalue weighted by atomic mass is 16.5. The van der Waals surface area contributed by atoms with Crippen LogP contribution in [-0.4, -0.2) is 5.97 Å². The van der Waals surface area contributed by atoms with Crippen LogP contribution in [0.3, 0.4) is 0 Å². The molecule has 0 saturated heterocycles. The second kappa shape index (κ2) is 5.69. The Hall–Kier alpha value is -2.36. The van der Waals surface area contributed by atoms with Gasteiger partial charge in [0.1, 0.15) is 11.3 Å². The van der Waals surface area contributed by atoms with Crippen LogP contribution in [0.15, 0.2) is 39.6 Å². The molecule has 4 heteroatoms. The van der Waals surface area contributed by atoms with Crippen molar-refractivity contribution in [2.75, 3.05) is 0 Å². The van der Waals surface area contributed by atoms with Crippen LogP contribution in [0.25, 0.3) is 11.0 Å². The van der Waals surface area contributed by atoms with Crippen molar-refractivity contribution < 1.29 is 13.9 Å². The molecule has 0 spiro atoms. The average molecular weight is 310 g/mol. The number of allylic oxidation sites excluding steroid dienone is 2. The lowest BCUT2D eigenvalue weighted by Crippen LogP contribution is -2.21. The maximum absolute atomic E-state index is 12.2. The number of fused-ring (bicyclic) bond motifs is 3. The van der Waals surface area contributed by atoms with Crippen LogP contribution in [0.5, 0.6) is 5.75 Å². The number of aryl methyl sites for hydroxylation is 1. The lowest BCUT2D eigenvalue weighted by molar-refractivity contribution is -0.139. The number of hydrogen-bond acceptors (Lipinski definition) is 4. The fraction of sp³-hybridized carbons (Fsp3) is 0.368. The van der Waals surface area contributed by atoms with Crippen LogP contribution >= 0.6 is 0 Å². The summed E-state index contributed by atoms with van der Waals surface area (Å²) in [7, 11) is 0. The van der Waals surface area contributed by atoms with Crippen LogP contribution in [0.1, 0.15) is 36.8 Å². The van der Waals surface area contributed by atoms with Gasteiger partial charge in [-0.1, -0.05) is 12.2 Å². The molecule has 4 rings (SSSR count). The molecule has 1 unspecified atom stereocenters. The fourth-order valence-corrected chi connectivity index (χ4v) is 3.53. The minimum Gasteiger partial charge on any atom is -0.426 e. The van der Waals surface area contributed by atoms with Crippen molar-refractivity contribution in [3.05, 3.63) is 51.9 Å². The number of hydrogen-bond donors (Lipinski definition) is 0.